The minimum Gasteiger partial charge on any atom is -0.502 e. The van der Waals surface area contributed by atoms with Crippen molar-refractivity contribution in [3.05, 3.63) is 28.3 Å². The van der Waals surface area contributed by atoms with Crippen LogP contribution in [0.1, 0.15) is 19.1 Å². The minimum atomic E-state index is -0.375. The van der Waals surface area contributed by atoms with Crippen LogP contribution in [0.25, 0.3) is 0 Å². The molecule has 0 amide bonds. The third-order valence-corrected chi connectivity index (χ3v) is 1.40. The molecule has 3 heteroatoms. The first-order valence-electron chi connectivity index (χ1n) is 3.55. The quantitative estimate of drug-likeness (QED) is 0.698. The SMILES string of the molecule is CCCc1occc(=O)c1O. The maximum atomic E-state index is 10.8. The molecule has 0 saturated heterocycles. The van der Waals surface area contributed by atoms with Crippen molar-refractivity contribution in [2.24, 2.45) is 0 Å². The Labute approximate surface area is 64.3 Å². The highest BCUT2D eigenvalue weighted by Gasteiger charge is 2.04. The van der Waals surface area contributed by atoms with Crippen molar-refractivity contribution in [3.63, 3.8) is 0 Å². The third kappa shape index (κ3) is 1.61. The maximum absolute atomic E-state index is 10.8. The normalized spacial score (nSPS) is 9.91. The molecular formula is C8H10O3. The minimum absolute atomic E-state index is 0.255. The van der Waals surface area contributed by atoms with Crippen LogP contribution in [0.3, 0.4) is 0 Å². The lowest BCUT2D eigenvalue weighted by Crippen LogP contribution is -2.00. The molecule has 1 N–H and O–H groups in total. The molecule has 0 atom stereocenters. The smallest absolute Gasteiger partial charge is 0.226 e. The average molecular weight is 154 g/mol. The topological polar surface area (TPSA) is 50.4 Å². The Hall–Kier alpha value is -1.25. The van der Waals surface area contributed by atoms with Gasteiger partial charge >= 0.3 is 0 Å². The van der Waals surface area contributed by atoms with Crippen LogP contribution in [0.2, 0.25) is 0 Å². The molecule has 1 heterocycles. The molecule has 0 aliphatic carbocycles. The Morgan fingerprint density at radius 1 is 1.64 bits per heavy atom. The number of hydrogen-bond donors (Lipinski definition) is 1. The molecule has 0 bridgehead atoms. The van der Waals surface area contributed by atoms with Gasteiger partial charge in [0, 0.05) is 12.5 Å². The van der Waals surface area contributed by atoms with E-state index in [1.807, 2.05) is 6.92 Å². The van der Waals surface area contributed by atoms with E-state index in [2.05, 4.69) is 0 Å². The molecule has 0 unspecified atom stereocenters. The summed E-state index contributed by atoms with van der Waals surface area (Å²) in [4.78, 5) is 10.8. The molecule has 1 aromatic heterocycles. The van der Waals surface area contributed by atoms with E-state index in [1.54, 1.807) is 0 Å². The maximum Gasteiger partial charge on any atom is 0.226 e. The molecule has 60 valence electrons. The predicted molar refractivity (Wildman–Crippen MR) is 40.6 cm³/mol. The fourth-order valence-corrected chi connectivity index (χ4v) is 0.855. The average Bonchev–Trinajstić information content (AvgIpc) is 1.99. The van der Waals surface area contributed by atoms with Gasteiger partial charge in [0.15, 0.2) is 0 Å². The zero-order valence-corrected chi connectivity index (χ0v) is 6.33. The molecule has 3 nitrogen and oxygen atoms in total. The van der Waals surface area contributed by atoms with Crippen molar-refractivity contribution in [3.8, 4) is 5.75 Å². The van der Waals surface area contributed by atoms with Crippen molar-refractivity contribution in [2.75, 3.05) is 0 Å². The molecule has 0 radical (unpaired) electrons. The van der Waals surface area contributed by atoms with Crippen LogP contribution in [0.5, 0.6) is 5.75 Å². The highest BCUT2D eigenvalue weighted by molar-refractivity contribution is 5.22. The van der Waals surface area contributed by atoms with Crippen LogP contribution in [-0.4, -0.2) is 5.11 Å². The molecule has 1 aromatic rings. The monoisotopic (exact) mass is 154 g/mol. The van der Waals surface area contributed by atoms with Gasteiger partial charge in [0.2, 0.25) is 11.2 Å². The predicted octanol–water partition coefficient (Wildman–Crippen LogP) is 1.30. The van der Waals surface area contributed by atoms with Gasteiger partial charge in [0.05, 0.1) is 6.26 Å². The summed E-state index contributed by atoms with van der Waals surface area (Å²) in [5.74, 6) is 0.120. The molecule has 0 saturated carbocycles. The first-order chi connectivity index (χ1) is 5.25. The van der Waals surface area contributed by atoms with Crippen LogP contribution < -0.4 is 5.43 Å². The first kappa shape index (κ1) is 7.85. The van der Waals surface area contributed by atoms with Gasteiger partial charge in [-0.2, -0.15) is 0 Å². The van der Waals surface area contributed by atoms with Gasteiger partial charge in [-0.05, 0) is 6.42 Å². The van der Waals surface area contributed by atoms with E-state index >= 15 is 0 Å². The van der Waals surface area contributed by atoms with Crippen LogP contribution in [0.15, 0.2) is 21.5 Å². The zero-order valence-electron chi connectivity index (χ0n) is 6.33. The van der Waals surface area contributed by atoms with Gasteiger partial charge < -0.3 is 9.52 Å². The van der Waals surface area contributed by atoms with Crippen LogP contribution >= 0.6 is 0 Å². The van der Waals surface area contributed by atoms with Crippen LogP contribution in [-0.2, 0) is 6.42 Å². The van der Waals surface area contributed by atoms with E-state index in [0.29, 0.717) is 12.2 Å². The lowest BCUT2D eigenvalue weighted by atomic mass is 10.2. The van der Waals surface area contributed by atoms with Gasteiger partial charge in [-0.15, -0.1) is 0 Å². The summed E-state index contributed by atoms with van der Waals surface area (Å²) in [7, 11) is 0. The fourth-order valence-electron chi connectivity index (χ4n) is 0.855. The molecule has 0 spiro atoms. The molecular weight excluding hydrogens is 144 g/mol. The van der Waals surface area contributed by atoms with E-state index in [1.165, 1.54) is 12.3 Å². The molecule has 0 fully saturated rings. The van der Waals surface area contributed by atoms with E-state index in [-0.39, 0.29) is 11.2 Å². The highest BCUT2D eigenvalue weighted by Crippen LogP contribution is 2.11. The number of aryl methyl sites for hydroxylation is 1. The van der Waals surface area contributed by atoms with Gasteiger partial charge in [-0.25, -0.2) is 0 Å². The summed E-state index contributed by atoms with van der Waals surface area (Å²) in [5.41, 5.74) is -0.375. The summed E-state index contributed by atoms with van der Waals surface area (Å²) in [6.45, 7) is 1.95. The summed E-state index contributed by atoms with van der Waals surface area (Å²) in [6, 6.07) is 1.20. The Morgan fingerprint density at radius 2 is 2.36 bits per heavy atom. The fraction of sp³-hybridized carbons (Fsp3) is 0.375. The van der Waals surface area contributed by atoms with Crippen molar-refractivity contribution in [2.45, 2.75) is 19.8 Å². The number of rotatable bonds is 2. The van der Waals surface area contributed by atoms with Crippen molar-refractivity contribution < 1.29 is 9.52 Å². The van der Waals surface area contributed by atoms with E-state index in [4.69, 9.17) is 9.52 Å². The molecule has 11 heavy (non-hydrogen) atoms. The number of aromatic hydroxyl groups is 1. The van der Waals surface area contributed by atoms with E-state index in [0.717, 1.165) is 6.42 Å². The summed E-state index contributed by atoms with van der Waals surface area (Å²) in [6.07, 6.45) is 2.75. The summed E-state index contributed by atoms with van der Waals surface area (Å²) < 4.78 is 4.93. The molecule has 1 rings (SSSR count). The lowest BCUT2D eigenvalue weighted by Gasteiger charge is -1.97. The third-order valence-electron chi connectivity index (χ3n) is 1.40. The van der Waals surface area contributed by atoms with Crippen molar-refractivity contribution in [1.82, 2.24) is 0 Å². The zero-order chi connectivity index (χ0) is 8.27. The summed E-state index contributed by atoms with van der Waals surface area (Å²) >= 11 is 0. The van der Waals surface area contributed by atoms with Gasteiger partial charge in [0.1, 0.15) is 5.76 Å². The van der Waals surface area contributed by atoms with Crippen molar-refractivity contribution in [1.29, 1.82) is 0 Å². The highest BCUT2D eigenvalue weighted by atomic mass is 16.4. The van der Waals surface area contributed by atoms with Crippen molar-refractivity contribution >= 4 is 0 Å². The van der Waals surface area contributed by atoms with Crippen LogP contribution in [0, 0.1) is 0 Å². The molecule has 0 aromatic carbocycles. The van der Waals surface area contributed by atoms with Crippen LogP contribution in [0.4, 0.5) is 0 Å². The summed E-state index contributed by atoms with van der Waals surface area (Å²) in [5, 5.41) is 9.12. The van der Waals surface area contributed by atoms with Gasteiger partial charge in [0.25, 0.3) is 0 Å². The van der Waals surface area contributed by atoms with E-state index in [9.17, 15) is 4.79 Å². The standard InChI is InChI=1S/C8H10O3/c1-2-3-7-8(10)6(9)4-5-11-7/h4-5,10H,2-3H2,1H3. The van der Waals surface area contributed by atoms with E-state index < -0.39 is 0 Å². The second kappa shape index (κ2) is 3.23. The van der Waals surface area contributed by atoms with Gasteiger partial charge in [-0.3, -0.25) is 4.79 Å². The Kier molecular flexibility index (Phi) is 2.31. The Bertz CT molecular complexity index is 288. The van der Waals surface area contributed by atoms with Gasteiger partial charge in [-0.1, -0.05) is 6.92 Å². The Morgan fingerprint density at radius 3 is 3.00 bits per heavy atom. The number of hydrogen-bond acceptors (Lipinski definition) is 3. The second-order valence-corrected chi connectivity index (χ2v) is 2.31. The molecule has 0 aliphatic rings. The lowest BCUT2D eigenvalue weighted by molar-refractivity contribution is 0.398. The first-order valence-corrected chi connectivity index (χ1v) is 3.55. The molecule has 0 aliphatic heterocycles. The second-order valence-electron chi connectivity index (χ2n) is 2.31. The Balaban J connectivity index is 3.06. The largest absolute Gasteiger partial charge is 0.502 e.